The highest BCUT2D eigenvalue weighted by molar-refractivity contribution is 6.17. The second-order valence-corrected chi connectivity index (χ2v) is 19.1. The van der Waals surface area contributed by atoms with Gasteiger partial charge in [-0.05, 0) is 117 Å². The third-order valence-electron chi connectivity index (χ3n) is 13.7. The number of hydrogen-bond donors (Lipinski definition) is 0. The molecule has 0 saturated carbocycles. The van der Waals surface area contributed by atoms with E-state index < -0.39 is 0 Å². The van der Waals surface area contributed by atoms with Crippen LogP contribution in [0, 0.1) is 6.92 Å². The first-order valence-corrected chi connectivity index (χ1v) is 21.3. The van der Waals surface area contributed by atoms with Crippen LogP contribution in [0.5, 0.6) is 0 Å². The van der Waals surface area contributed by atoms with Crippen molar-refractivity contribution >= 4 is 54.5 Å². The van der Waals surface area contributed by atoms with Crippen LogP contribution < -0.4 is 4.57 Å². The van der Waals surface area contributed by atoms with Gasteiger partial charge in [-0.1, -0.05) is 140 Å². The zero-order valence-electron chi connectivity index (χ0n) is 35.8. The lowest BCUT2D eigenvalue weighted by molar-refractivity contribution is -0.633. The summed E-state index contributed by atoms with van der Waals surface area (Å²) in [6.07, 6.45) is 2.30. The molecule has 0 radical (unpaired) electrons. The molecule has 290 valence electrons. The number of rotatable bonds is 5. The zero-order valence-corrected chi connectivity index (χ0v) is 35.8. The average molecular weight is 760 g/mol. The molecule has 0 amide bonds. The molecule has 0 saturated heterocycles. The van der Waals surface area contributed by atoms with Gasteiger partial charge >= 0.3 is 0 Å². The number of hydrogen-bond acceptors (Lipinski definition) is 1. The van der Waals surface area contributed by atoms with E-state index in [2.05, 4.69) is 194 Å². The van der Waals surface area contributed by atoms with Gasteiger partial charge < -0.3 is 4.42 Å². The second kappa shape index (κ2) is 12.9. The molecule has 0 unspecified atom stereocenters. The Morgan fingerprint density at radius 3 is 2.02 bits per heavy atom. The van der Waals surface area contributed by atoms with Crippen LogP contribution >= 0.6 is 0 Å². The SMILES string of the molecule is Cc1ccc2c(oc3cc4c(ccc5ccccc54)cc32)c1-c1n(-c2c(C(C)C)cc(-c3ccccc3)cc2C(C)C)c2c3c(ccc2[n+]1C)C(C)(C)CCC3(C)C. The predicted molar refractivity (Wildman–Crippen MR) is 246 cm³/mol. The first-order valence-electron chi connectivity index (χ1n) is 21.3. The number of nitrogens with zero attached hydrogens (tertiary/aromatic N) is 2. The lowest BCUT2D eigenvalue weighted by Gasteiger charge is -2.41. The molecule has 7 aromatic carbocycles. The number of benzene rings is 7. The van der Waals surface area contributed by atoms with E-state index in [0.29, 0.717) is 0 Å². The highest BCUT2D eigenvalue weighted by Crippen LogP contribution is 2.51. The molecule has 3 nitrogen and oxygen atoms in total. The molecule has 0 bridgehead atoms. The van der Waals surface area contributed by atoms with Gasteiger partial charge in [-0.25, -0.2) is 4.57 Å². The standard InChI is InChI=1S/C55H55N2O/c1-32(2)41-29-38(35-16-12-11-13-17-35)30-42(33(3)4)50(41)57-51-46(25-24-45-49(51)55(8,9)27-26-54(45,6)7)56(10)53(57)48-34(5)20-23-40-44-28-37-22-21-36-18-14-15-19-39(36)43(37)31-47(44)58-52(40)48/h11-25,28-33H,26-27H2,1-10H3/q+1. The summed E-state index contributed by atoms with van der Waals surface area (Å²) < 4.78 is 12.4. The Morgan fingerprint density at radius 2 is 1.29 bits per heavy atom. The average Bonchev–Trinajstić information content (AvgIpc) is 3.71. The maximum absolute atomic E-state index is 7.21. The van der Waals surface area contributed by atoms with E-state index in [9.17, 15) is 0 Å². The van der Waals surface area contributed by atoms with Crippen LogP contribution in [0.15, 0.2) is 120 Å². The topological polar surface area (TPSA) is 21.9 Å². The van der Waals surface area contributed by atoms with Gasteiger partial charge in [0.05, 0.1) is 7.05 Å². The minimum Gasteiger partial charge on any atom is -0.455 e. The minimum atomic E-state index is -0.0198. The van der Waals surface area contributed by atoms with Gasteiger partial charge in [-0.15, -0.1) is 0 Å². The summed E-state index contributed by atoms with van der Waals surface area (Å²) in [5.41, 5.74) is 16.4. The number of imidazole rings is 1. The highest BCUT2D eigenvalue weighted by atomic mass is 16.3. The van der Waals surface area contributed by atoms with Gasteiger partial charge in [-0.3, -0.25) is 0 Å². The van der Waals surface area contributed by atoms with E-state index in [0.717, 1.165) is 39.7 Å². The van der Waals surface area contributed by atoms with Crippen molar-refractivity contribution in [3.05, 3.63) is 143 Å². The van der Waals surface area contributed by atoms with Crippen molar-refractivity contribution in [2.24, 2.45) is 7.05 Å². The van der Waals surface area contributed by atoms with Crippen molar-refractivity contribution < 1.29 is 8.98 Å². The van der Waals surface area contributed by atoms with Crippen molar-refractivity contribution in [2.75, 3.05) is 0 Å². The Balaban J connectivity index is 1.39. The molecule has 0 atom stereocenters. The van der Waals surface area contributed by atoms with Crippen molar-refractivity contribution in [1.82, 2.24) is 4.57 Å². The minimum absolute atomic E-state index is 0.0198. The van der Waals surface area contributed by atoms with Gasteiger partial charge in [0, 0.05) is 27.5 Å². The van der Waals surface area contributed by atoms with E-state index in [1.54, 1.807) is 0 Å². The fraction of sp³-hybridized carbons (Fsp3) is 0.291. The third-order valence-corrected chi connectivity index (χ3v) is 13.7. The number of furan rings is 1. The summed E-state index contributed by atoms with van der Waals surface area (Å²) >= 11 is 0. The van der Waals surface area contributed by atoms with Crippen molar-refractivity contribution in [1.29, 1.82) is 0 Å². The summed E-state index contributed by atoms with van der Waals surface area (Å²) in [5.74, 6) is 1.72. The molecule has 0 fully saturated rings. The van der Waals surface area contributed by atoms with Crippen LogP contribution in [0.25, 0.3) is 82.7 Å². The Labute approximate surface area is 342 Å². The third kappa shape index (κ3) is 5.35. The lowest BCUT2D eigenvalue weighted by atomic mass is 9.63. The monoisotopic (exact) mass is 759 g/mol. The molecule has 3 heteroatoms. The van der Waals surface area contributed by atoms with E-state index in [1.807, 2.05) is 0 Å². The quantitative estimate of drug-likeness (QED) is 0.126. The molecule has 9 aromatic rings. The van der Waals surface area contributed by atoms with Gasteiger partial charge in [0.15, 0.2) is 16.6 Å². The second-order valence-electron chi connectivity index (χ2n) is 19.1. The Morgan fingerprint density at radius 1 is 0.621 bits per heavy atom. The number of aryl methyl sites for hydroxylation is 2. The molecule has 0 spiro atoms. The summed E-state index contributed by atoms with van der Waals surface area (Å²) in [6.45, 7) is 21.6. The van der Waals surface area contributed by atoms with E-state index in [-0.39, 0.29) is 22.7 Å². The van der Waals surface area contributed by atoms with Crippen LogP contribution in [-0.4, -0.2) is 4.57 Å². The fourth-order valence-electron chi connectivity index (χ4n) is 10.4. The summed E-state index contributed by atoms with van der Waals surface area (Å²) in [5, 5.41) is 7.26. The van der Waals surface area contributed by atoms with Crippen molar-refractivity contribution in [2.45, 2.75) is 97.8 Å². The Bertz CT molecular complexity index is 3100. The van der Waals surface area contributed by atoms with Gasteiger partial charge in [0.2, 0.25) is 0 Å². The maximum Gasteiger partial charge on any atom is 0.299 e. The largest absolute Gasteiger partial charge is 0.455 e. The van der Waals surface area contributed by atoms with Crippen LogP contribution in [0.1, 0.15) is 108 Å². The van der Waals surface area contributed by atoms with Crippen LogP contribution in [0.2, 0.25) is 0 Å². The van der Waals surface area contributed by atoms with Crippen LogP contribution in [0.4, 0.5) is 0 Å². The molecule has 1 aliphatic carbocycles. The van der Waals surface area contributed by atoms with E-state index >= 15 is 0 Å². The van der Waals surface area contributed by atoms with Crippen molar-refractivity contribution in [3.8, 4) is 28.2 Å². The molecule has 58 heavy (non-hydrogen) atoms. The summed E-state index contributed by atoms with van der Waals surface area (Å²) in [7, 11) is 2.28. The zero-order chi connectivity index (χ0) is 40.4. The predicted octanol–water partition coefficient (Wildman–Crippen LogP) is 14.9. The molecular weight excluding hydrogens is 705 g/mol. The van der Waals surface area contributed by atoms with Gasteiger partial charge in [0.25, 0.3) is 5.82 Å². The molecule has 2 aromatic heterocycles. The first-order chi connectivity index (χ1) is 27.7. The van der Waals surface area contributed by atoms with Crippen LogP contribution in [-0.2, 0) is 17.9 Å². The van der Waals surface area contributed by atoms with Gasteiger partial charge in [0.1, 0.15) is 16.8 Å². The Hall–Kier alpha value is -5.67. The molecule has 2 heterocycles. The Kier molecular flexibility index (Phi) is 8.16. The smallest absolute Gasteiger partial charge is 0.299 e. The summed E-state index contributed by atoms with van der Waals surface area (Å²) in [4.78, 5) is 0. The van der Waals surface area contributed by atoms with Gasteiger partial charge in [-0.2, -0.15) is 4.57 Å². The highest BCUT2D eigenvalue weighted by Gasteiger charge is 2.44. The molecule has 1 aliphatic rings. The van der Waals surface area contributed by atoms with E-state index in [1.165, 1.54) is 83.6 Å². The van der Waals surface area contributed by atoms with Crippen molar-refractivity contribution in [3.63, 3.8) is 0 Å². The molecular formula is C55H55N2O+. The van der Waals surface area contributed by atoms with E-state index in [4.69, 9.17) is 4.42 Å². The maximum atomic E-state index is 7.21. The lowest BCUT2D eigenvalue weighted by Crippen LogP contribution is -2.35. The van der Waals surface area contributed by atoms with Crippen LogP contribution in [0.3, 0.4) is 0 Å². The first kappa shape index (κ1) is 36.7. The number of fused-ring (bicyclic) bond motifs is 9. The molecule has 0 aliphatic heterocycles. The molecule has 10 rings (SSSR count). The normalized spacial score (nSPS) is 15.2. The summed E-state index contributed by atoms with van der Waals surface area (Å²) in [6, 6.07) is 43.1. The molecule has 0 N–H and O–H groups in total. The number of aromatic nitrogens is 2. The fourth-order valence-corrected chi connectivity index (χ4v) is 10.4.